The molecule has 0 unspecified atom stereocenters. The Kier molecular flexibility index (Phi) is 4.85. The van der Waals surface area contributed by atoms with Crippen LogP contribution in [-0.4, -0.2) is 9.78 Å². The lowest BCUT2D eigenvalue weighted by molar-refractivity contribution is 0.658. The lowest BCUT2D eigenvalue weighted by Crippen LogP contribution is -2.01. The van der Waals surface area contributed by atoms with E-state index in [9.17, 15) is 0 Å². The highest BCUT2D eigenvalue weighted by atomic mass is 32.2. The number of aromatic nitrogens is 2. The van der Waals surface area contributed by atoms with Crippen LogP contribution in [0.15, 0.2) is 65.0 Å². The minimum Gasteiger partial charge on any atom is -0.239 e. The van der Waals surface area contributed by atoms with Crippen LogP contribution in [0.2, 0.25) is 0 Å². The first-order chi connectivity index (χ1) is 10.3. The molecule has 2 aromatic carbocycles. The fourth-order valence-electron chi connectivity index (χ4n) is 1.92. The Morgan fingerprint density at radius 3 is 2.24 bits per heavy atom. The molecule has 0 aliphatic heterocycles. The fourth-order valence-corrected chi connectivity index (χ4v) is 4.21. The van der Waals surface area contributed by atoms with Crippen molar-refractivity contribution in [1.82, 2.24) is 9.78 Å². The van der Waals surface area contributed by atoms with E-state index in [-0.39, 0.29) is 0 Å². The summed E-state index contributed by atoms with van der Waals surface area (Å²) in [4.78, 5) is 0. The van der Waals surface area contributed by atoms with Crippen LogP contribution >= 0.6 is 35.3 Å². The van der Waals surface area contributed by atoms with Crippen molar-refractivity contribution in [3.05, 3.63) is 75.7 Å². The third-order valence-corrected chi connectivity index (χ3v) is 5.48. The molecule has 3 rings (SSSR count). The van der Waals surface area contributed by atoms with Crippen LogP contribution in [0.5, 0.6) is 0 Å². The van der Waals surface area contributed by atoms with Crippen LogP contribution in [0.25, 0.3) is 0 Å². The van der Waals surface area contributed by atoms with Gasteiger partial charge >= 0.3 is 0 Å². The molecule has 0 spiro atoms. The van der Waals surface area contributed by atoms with Gasteiger partial charge in [0, 0.05) is 5.75 Å². The smallest absolute Gasteiger partial charge is 0.180 e. The molecular weight excluding hydrogens is 316 g/mol. The Labute approximate surface area is 137 Å². The second kappa shape index (κ2) is 7.02. The third-order valence-electron chi connectivity index (χ3n) is 2.97. The largest absolute Gasteiger partial charge is 0.239 e. The van der Waals surface area contributed by atoms with Crippen molar-refractivity contribution in [1.29, 1.82) is 0 Å². The monoisotopic (exact) mass is 330 g/mol. The Bertz CT molecular complexity index is 748. The van der Waals surface area contributed by atoms with Gasteiger partial charge < -0.3 is 0 Å². The Morgan fingerprint density at radius 2 is 1.57 bits per heavy atom. The summed E-state index contributed by atoms with van der Waals surface area (Å²) >= 11 is 8.73. The second-order valence-electron chi connectivity index (χ2n) is 4.55. The average molecular weight is 331 g/mol. The van der Waals surface area contributed by atoms with E-state index in [1.54, 1.807) is 23.1 Å². The molecule has 0 fully saturated rings. The van der Waals surface area contributed by atoms with Gasteiger partial charge in [0.25, 0.3) is 0 Å². The van der Waals surface area contributed by atoms with Gasteiger partial charge in [-0.05, 0) is 23.3 Å². The van der Waals surface area contributed by atoms with E-state index < -0.39 is 0 Å². The molecule has 0 amide bonds. The van der Waals surface area contributed by atoms with E-state index >= 15 is 0 Å². The van der Waals surface area contributed by atoms with Crippen LogP contribution in [0.4, 0.5) is 0 Å². The Balaban J connectivity index is 1.68. The maximum absolute atomic E-state index is 5.41. The highest BCUT2D eigenvalue weighted by Crippen LogP contribution is 2.25. The number of nitrogens with zero attached hydrogens (tertiary/aromatic N) is 2. The standard InChI is InChI=1S/C16H14N2S3/c19-16-18(11-13-7-3-1-4-8-13)17-15(21-16)20-12-14-9-5-2-6-10-14/h1-10H,11-12H2. The minimum atomic E-state index is 0.738. The van der Waals surface area contributed by atoms with E-state index in [4.69, 9.17) is 12.2 Å². The maximum Gasteiger partial charge on any atom is 0.180 e. The predicted octanol–water partition coefficient (Wildman–Crippen LogP) is 5.01. The van der Waals surface area contributed by atoms with Crippen LogP contribution in [0, 0.1) is 3.95 Å². The lowest BCUT2D eigenvalue weighted by atomic mass is 10.2. The van der Waals surface area contributed by atoms with E-state index in [1.165, 1.54) is 11.1 Å². The van der Waals surface area contributed by atoms with Crippen LogP contribution in [0.1, 0.15) is 11.1 Å². The zero-order valence-electron chi connectivity index (χ0n) is 11.3. The molecule has 106 valence electrons. The van der Waals surface area contributed by atoms with Gasteiger partial charge in [0.2, 0.25) is 0 Å². The summed E-state index contributed by atoms with van der Waals surface area (Å²) in [6.07, 6.45) is 0. The Hall–Kier alpha value is -1.43. The maximum atomic E-state index is 5.41. The van der Waals surface area contributed by atoms with E-state index in [2.05, 4.69) is 41.5 Å². The predicted molar refractivity (Wildman–Crippen MR) is 92.5 cm³/mol. The van der Waals surface area contributed by atoms with Crippen molar-refractivity contribution in [3.63, 3.8) is 0 Å². The summed E-state index contributed by atoms with van der Waals surface area (Å²) in [7, 11) is 0. The summed E-state index contributed by atoms with van der Waals surface area (Å²) in [5, 5.41) is 4.61. The van der Waals surface area contributed by atoms with Gasteiger partial charge in [0.05, 0.1) is 6.54 Å². The number of hydrogen-bond acceptors (Lipinski definition) is 4. The molecule has 1 aromatic heterocycles. The molecule has 0 aliphatic carbocycles. The normalized spacial score (nSPS) is 10.7. The number of hydrogen-bond donors (Lipinski definition) is 0. The first-order valence-electron chi connectivity index (χ1n) is 6.60. The zero-order chi connectivity index (χ0) is 14.5. The van der Waals surface area contributed by atoms with Gasteiger partial charge in [-0.15, -0.1) is 0 Å². The lowest BCUT2D eigenvalue weighted by Gasteiger charge is -2.01. The van der Waals surface area contributed by atoms with E-state index in [0.717, 1.165) is 20.6 Å². The number of thioether (sulfide) groups is 1. The minimum absolute atomic E-state index is 0.738. The molecule has 5 heteroatoms. The molecule has 0 aliphatic rings. The molecule has 0 saturated carbocycles. The second-order valence-corrected chi connectivity index (χ2v) is 7.40. The third kappa shape index (κ3) is 4.03. The number of benzene rings is 2. The van der Waals surface area contributed by atoms with Gasteiger partial charge in [-0.1, -0.05) is 83.8 Å². The van der Waals surface area contributed by atoms with Crippen LogP contribution < -0.4 is 0 Å². The quantitative estimate of drug-likeness (QED) is 0.483. The van der Waals surface area contributed by atoms with Crippen molar-refractivity contribution < 1.29 is 0 Å². The van der Waals surface area contributed by atoms with Crippen molar-refractivity contribution in [2.45, 2.75) is 16.6 Å². The topological polar surface area (TPSA) is 17.8 Å². The van der Waals surface area contributed by atoms with Crippen LogP contribution in [-0.2, 0) is 12.3 Å². The van der Waals surface area contributed by atoms with Gasteiger partial charge in [-0.25, -0.2) is 4.68 Å². The van der Waals surface area contributed by atoms with Gasteiger partial charge in [-0.3, -0.25) is 0 Å². The molecule has 1 heterocycles. The molecule has 0 radical (unpaired) electrons. The summed E-state index contributed by atoms with van der Waals surface area (Å²) in [6, 6.07) is 20.7. The van der Waals surface area contributed by atoms with Gasteiger partial charge in [0.15, 0.2) is 8.29 Å². The molecule has 0 saturated heterocycles. The highest BCUT2D eigenvalue weighted by molar-refractivity contribution is 8.00. The van der Waals surface area contributed by atoms with Crippen molar-refractivity contribution >= 4 is 35.3 Å². The molecule has 3 aromatic rings. The summed E-state index contributed by atoms with van der Waals surface area (Å²) in [5.41, 5.74) is 2.52. The van der Waals surface area contributed by atoms with Crippen LogP contribution in [0.3, 0.4) is 0 Å². The van der Waals surface area contributed by atoms with Gasteiger partial charge in [-0.2, -0.15) is 5.10 Å². The SMILES string of the molecule is S=c1sc(SCc2ccccc2)nn1Cc1ccccc1. The molecular formula is C16H14N2S3. The van der Waals surface area contributed by atoms with Crippen molar-refractivity contribution in [3.8, 4) is 0 Å². The molecule has 0 N–H and O–H groups in total. The summed E-state index contributed by atoms with van der Waals surface area (Å²) in [6.45, 7) is 0.738. The number of rotatable bonds is 5. The summed E-state index contributed by atoms with van der Waals surface area (Å²) < 4.78 is 3.76. The highest BCUT2D eigenvalue weighted by Gasteiger charge is 2.05. The molecule has 21 heavy (non-hydrogen) atoms. The molecule has 2 nitrogen and oxygen atoms in total. The molecule has 0 atom stereocenters. The van der Waals surface area contributed by atoms with Gasteiger partial charge in [0.1, 0.15) is 0 Å². The van der Waals surface area contributed by atoms with Crippen molar-refractivity contribution in [2.75, 3.05) is 0 Å². The average Bonchev–Trinajstić information content (AvgIpc) is 2.87. The molecule has 0 bridgehead atoms. The first kappa shape index (κ1) is 14.5. The van der Waals surface area contributed by atoms with Crippen molar-refractivity contribution in [2.24, 2.45) is 0 Å². The zero-order valence-corrected chi connectivity index (χ0v) is 13.8. The fraction of sp³-hybridized carbons (Fsp3) is 0.125. The van der Waals surface area contributed by atoms with E-state index in [1.807, 2.05) is 28.9 Å². The van der Waals surface area contributed by atoms with E-state index in [0.29, 0.717) is 0 Å². The Morgan fingerprint density at radius 1 is 0.952 bits per heavy atom. The first-order valence-corrected chi connectivity index (χ1v) is 8.81. The summed E-state index contributed by atoms with van der Waals surface area (Å²) in [5.74, 6) is 0.925.